The third kappa shape index (κ3) is 5.13. The maximum absolute atomic E-state index is 10.8. The highest BCUT2D eigenvalue weighted by molar-refractivity contribution is 6.65. The van der Waals surface area contributed by atoms with Crippen LogP contribution in [-0.2, 0) is 9.63 Å². The Morgan fingerprint density at radius 2 is 2.17 bits per heavy atom. The highest BCUT2D eigenvalue weighted by atomic mass is 35.5. The highest BCUT2D eigenvalue weighted by Crippen LogP contribution is 2.02. The minimum absolute atomic E-state index is 0.0982. The zero-order chi connectivity index (χ0) is 9.56. The first-order valence-corrected chi connectivity index (χ1v) is 4.39. The molecule has 70 valence electrons. The summed E-state index contributed by atoms with van der Waals surface area (Å²) in [6.45, 7) is 5.65. The summed E-state index contributed by atoms with van der Waals surface area (Å²) in [6, 6.07) is 0. The average Bonchev–Trinajstić information content (AvgIpc) is 2.00. The van der Waals surface area contributed by atoms with E-state index >= 15 is 0 Å². The van der Waals surface area contributed by atoms with E-state index in [1.165, 1.54) is 0 Å². The number of carbonyl (C=O) groups excluding carboxylic acids is 1. The third-order valence-corrected chi connectivity index (χ3v) is 1.67. The quantitative estimate of drug-likeness (QED) is 0.389. The van der Waals surface area contributed by atoms with Gasteiger partial charge < -0.3 is 4.84 Å². The second kappa shape index (κ2) is 6.00. The molecule has 4 heteroatoms. The lowest BCUT2D eigenvalue weighted by Crippen LogP contribution is -2.04. The third-order valence-electron chi connectivity index (χ3n) is 1.17. The average molecular weight is 192 g/mol. The van der Waals surface area contributed by atoms with Crippen LogP contribution in [0.25, 0.3) is 0 Å². The van der Waals surface area contributed by atoms with E-state index in [1.807, 2.05) is 20.8 Å². The summed E-state index contributed by atoms with van der Waals surface area (Å²) in [7, 11) is 0. The fourth-order valence-corrected chi connectivity index (χ4v) is 0.484. The summed E-state index contributed by atoms with van der Waals surface area (Å²) in [5.74, 6) is -0.239. The second-order valence-electron chi connectivity index (χ2n) is 2.78. The van der Waals surface area contributed by atoms with Crippen LogP contribution in [0.3, 0.4) is 0 Å². The Kier molecular flexibility index (Phi) is 5.72. The van der Waals surface area contributed by atoms with Crippen molar-refractivity contribution in [1.82, 2.24) is 0 Å². The molecule has 0 aliphatic carbocycles. The zero-order valence-electron chi connectivity index (χ0n) is 7.63. The van der Waals surface area contributed by atoms with Crippen LogP contribution in [-0.4, -0.2) is 11.1 Å². The van der Waals surface area contributed by atoms with Gasteiger partial charge in [0, 0.05) is 12.3 Å². The molecule has 0 fully saturated rings. The number of hydrogen-bond acceptors (Lipinski definition) is 3. The summed E-state index contributed by atoms with van der Waals surface area (Å²) in [5.41, 5.74) is 0. The predicted octanol–water partition coefficient (Wildman–Crippen LogP) is 2.54. The molecule has 0 saturated carbocycles. The van der Waals surface area contributed by atoms with Crippen molar-refractivity contribution in [3.63, 3.8) is 0 Å². The number of carbonyl (C=O) groups is 1. The van der Waals surface area contributed by atoms with Gasteiger partial charge in [0.15, 0.2) is 0 Å². The molecule has 0 aliphatic rings. The largest absolute Gasteiger partial charge is 0.335 e. The molecule has 0 aliphatic heterocycles. The van der Waals surface area contributed by atoms with Crippen molar-refractivity contribution in [2.75, 3.05) is 0 Å². The Hall–Kier alpha value is -0.570. The van der Waals surface area contributed by atoms with Crippen LogP contribution in [0.4, 0.5) is 0 Å². The minimum atomic E-state index is -0.337. The van der Waals surface area contributed by atoms with E-state index < -0.39 is 0 Å². The van der Waals surface area contributed by atoms with Crippen LogP contribution in [0.5, 0.6) is 0 Å². The monoisotopic (exact) mass is 191 g/mol. The number of rotatable bonds is 4. The van der Waals surface area contributed by atoms with Crippen LogP contribution in [0, 0.1) is 5.92 Å². The minimum Gasteiger partial charge on any atom is -0.317 e. The van der Waals surface area contributed by atoms with Gasteiger partial charge in [0.25, 0.3) is 0 Å². The molecule has 3 nitrogen and oxygen atoms in total. The van der Waals surface area contributed by atoms with Gasteiger partial charge >= 0.3 is 5.97 Å². The maximum Gasteiger partial charge on any atom is 0.335 e. The van der Waals surface area contributed by atoms with E-state index in [0.29, 0.717) is 11.6 Å². The van der Waals surface area contributed by atoms with Gasteiger partial charge in [0.05, 0.1) is 0 Å². The van der Waals surface area contributed by atoms with E-state index in [2.05, 4.69) is 9.99 Å². The van der Waals surface area contributed by atoms with Crippen molar-refractivity contribution < 1.29 is 9.63 Å². The smallest absolute Gasteiger partial charge is 0.317 e. The molecule has 0 heterocycles. The Morgan fingerprint density at radius 1 is 1.58 bits per heavy atom. The first-order chi connectivity index (χ1) is 5.57. The molecular formula is C8H14ClNO2. The van der Waals surface area contributed by atoms with Gasteiger partial charge in [-0.15, -0.1) is 0 Å². The van der Waals surface area contributed by atoms with Crippen molar-refractivity contribution in [2.45, 2.75) is 33.6 Å². The van der Waals surface area contributed by atoms with Crippen LogP contribution in [0.2, 0.25) is 0 Å². The van der Waals surface area contributed by atoms with Crippen LogP contribution in [0.1, 0.15) is 33.6 Å². The number of hydrogen-bond donors (Lipinski definition) is 0. The van der Waals surface area contributed by atoms with Crippen molar-refractivity contribution in [3.05, 3.63) is 0 Å². The topological polar surface area (TPSA) is 38.7 Å². The molecule has 0 aromatic carbocycles. The molecule has 0 rings (SSSR count). The van der Waals surface area contributed by atoms with Crippen molar-refractivity contribution in [2.24, 2.45) is 11.1 Å². The Labute approximate surface area is 77.7 Å². The normalized spacial score (nSPS) is 11.9. The lowest BCUT2D eigenvalue weighted by Gasteiger charge is -2.00. The van der Waals surface area contributed by atoms with Gasteiger partial charge in [-0.2, -0.15) is 0 Å². The predicted molar refractivity (Wildman–Crippen MR) is 49.1 cm³/mol. The SMILES string of the molecule is CCCC(=O)O/N=C(\Cl)C(C)C. The van der Waals surface area contributed by atoms with Gasteiger partial charge in [0.1, 0.15) is 5.17 Å². The van der Waals surface area contributed by atoms with E-state index in [4.69, 9.17) is 11.6 Å². The molecule has 0 atom stereocenters. The van der Waals surface area contributed by atoms with Gasteiger partial charge in [-0.05, 0) is 6.42 Å². The molecule has 0 bridgehead atoms. The molecule has 0 N–H and O–H groups in total. The number of halogens is 1. The van der Waals surface area contributed by atoms with E-state index in [9.17, 15) is 4.79 Å². The zero-order valence-corrected chi connectivity index (χ0v) is 8.39. The molecule has 0 spiro atoms. The molecule has 0 saturated heterocycles. The first-order valence-electron chi connectivity index (χ1n) is 4.01. The molecule has 12 heavy (non-hydrogen) atoms. The van der Waals surface area contributed by atoms with Gasteiger partial charge in [-0.1, -0.05) is 37.5 Å². The fraction of sp³-hybridized carbons (Fsp3) is 0.750. The van der Waals surface area contributed by atoms with Gasteiger partial charge in [-0.3, -0.25) is 0 Å². The lowest BCUT2D eigenvalue weighted by molar-refractivity contribution is -0.143. The van der Waals surface area contributed by atoms with Crippen LogP contribution in [0.15, 0.2) is 5.16 Å². The standard InChI is InChI=1S/C8H14ClNO2/c1-4-5-7(11)12-10-8(9)6(2)3/h6H,4-5H2,1-3H3/b10-8-. The first kappa shape index (κ1) is 11.4. The molecule has 0 aromatic heterocycles. The van der Waals surface area contributed by atoms with Gasteiger partial charge in [0.2, 0.25) is 0 Å². The van der Waals surface area contributed by atoms with E-state index in [0.717, 1.165) is 6.42 Å². The summed E-state index contributed by atoms with van der Waals surface area (Å²) in [6.07, 6.45) is 1.14. The van der Waals surface area contributed by atoms with Gasteiger partial charge in [-0.25, -0.2) is 4.79 Å². The summed E-state index contributed by atoms with van der Waals surface area (Å²) >= 11 is 5.63. The van der Waals surface area contributed by atoms with E-state index in [-0.39, 0.29) is 11.9 Å². The highest BCUT2D eigenvalue weighted by Gasteiger charge is 2.04. The Morgan fingerprint density at radius 3 is 2.58 bits per heavy atom. The molecule has 0 unspecified atom stereocenters. The van der Waals surface area contributed by atoms with Crippen molar-refractivity contribution in [1.29, 1.82) is 0 Å². The summed E-state index contributed by atoms with van der Waals surface area (Å²) in [4.78, 5) is 15.3. The number of nitrogens with zero attached hydrogens (tertiary/aromatic N) is 1. The molecule has 0 aromatic rings. The Bertz CT molecular complexity index is 178. The molecular weight excluding hydrogens is 178 g/mol. The lowest BCUT2D eigenvalue weighted by atomic mass is 10.2. The maximum atomic E-state index is 10.8. The van der Waals surface area contributed by atoms with Crippen molar-refractivity contribution in [3.8, 4) is 0 Å². The molecule has 0 radical (unpaired) electrons. The van der Waals surface area contributed by atoms with E-state index in [1.54, 1.807) is 0 Å². The fourth-order valence-electron chi connectivity index (χ4n) is 0.450. The Balaban J connectivity index is 3.79. The second-order valence-corrected chi connectivity index (χ2v) is 3.17. The molecule has 0 amide bonds. The van der Waals surface area contributed by atoms with Crippen LogP contribution >= 0.6 is 11.6 Å². The number of oxime groups is 1. The van der Waals surface area contributed by atoms with Crippen molar-refractivity contribution >= 4 is 22.7 Å². The van der Waals surface area contributed by atoms with Crippen LogP contribution < -0.4 is 0 Å². The summed E-state index contributed by atoms with van der Waals surface area (Å²) in [5, 5.41) is 3.79. The summed E-state index contributed by atoms with van der Waals surface area (Å²) < 4.78 is 0.